The van der Waals surface area contributed by atoms with E-state index in [-0.39, 0.29) is 35.8 Å². The smallest absolute Gasteiger partial charge is 0.375 e. The molecule has 0 aliphatic heterocycles. The molecule has 39 heavy (non-hydrogen) atoms. The molecule has 0 aliphatic rings. The highest BCUT2D eigenvalue weighted by Crippen LogP contribution is 2.30. The average molecular weight is 526 g/mol. The Morgan fingerprint density at radius 1 is 1.10 bits per heavy atom. The molecule has 0 bridgehead atoms. The van der Waals surface area contributed by atoms with Crippen LogP contribution >= 0.6 is 0 Å². The maximum Gasteiger partial charge on any atom is 0.375 e. The number of esters is 1. The molecule has 0 saturated heterocycles. The summed E-state index contributed by atoms with van der Waals surface area (Å²) >= 11 is 0. The van der Waals surface area contributed by atoms with E-state index in [1.807, 2.05) is 30.3 Å². The first kappa shape index (κ1) is 25.4. The van der Waals surface area contributed by atoms with Crippen molar-refractivity contribution in [2.75, 3.05) is 6.61 Å². The molecule has 5 rings (SSSR count). The predicted molar refractivity (Wildman–Crippen MR) is 143 cm³/mol. The third-order valence-corrected chi connectivity index (χ3v) is 6.07. The van der Waals surface area contributed by atoms with Crippen LogP contribution in [0.5, 0.6) is 5.75 Å². The minimum absolute atomic E-state index is 0.0151. The van der Waals surface area contributed by atoms with Crippen molar-refractivity contribution in [2.24, 2.45) is 0 Å². The lowest BCUT2D eigenvalue weighted by Gasteiger charge is -2.12. The van der Waals surface area contributed by atoms with Crippen molar-refractivity contribution in [1.82, 2.24) is 9.78 Å². The van der Waals surface area contributed by atoms with Crippen molar-refractivity contribution < 1.29 is 23.6 Å². The van der Waals surface area contributed by atoms with Gasteiger partial charge in [0, 0.05) is 30.0 Å². The summed E-state index contributed by atoms with van der Waals surface area (Å²) in [6.07, 6.45) is 3.16. The van der Waals surface area contributed by atoms with Crippen molar-refractivity contribution in [3.8, 4) is 22.6 Å². The lowest BCUT2D eigenvalue weighted by atomic mass is 10.0. The lowest BCUT2D eigenvalue weighted by molar-refractivity contribution is -0.384. The molecule has 0 saturated carbocycles. The number of carbonyl (C=O) groups is 1. The third-order valence-electron chi connectivity index (χ3n) is 6.07. The summed E-state index contributed by atoms with van der Waals surface area (Å²) in [5, 5.41) is 15.5. The first-order valence-corrected chi connectivity index (χ1v) is 12.1. The highest BCUT2D eigenvalue weighted by atomic mass is 16.6. The van der Waals surface area contributed by atoms with Gasteiger partial charge in [-0.1, -0.05) is 18.2 Å². The Balaban J connectivity index is 1.55. The van der Waals surface area contributed by atoms with Gasteiger partial charge in [0.15, 0.2) is 0 Å². The Bertz CT molecular complexity index is 1740. The van der Waals surface area contributed by atoms with Gasteiger partial charge in [-0.3, -0.25) is 14.9 Å². The summed E-state index contributed by atoms with van der Waals surface area (Å²) in [5.41, 5.74) is 2.33. The van der Waals surface area contributed by atoms with Gasteiger partial charge >= 0.3 is 5.97 Å². The van der Waals surface area contributed by atoms with E-state index in [1.54, 1.807) is 42.9 Å². The normalized spacial score (nSPS) is 10.9. The number of rotatable bonds is 8. The molecule has 0 atom stereocenters. The monoisotopic (exact) mass is 525 g/mol. The van der Waals surface area contributed by atoms with Crippen LogP contribution in [-0.2, 0) is 11.3 Å². The Kier molecular flexibility index (Phi) is 6.92. The molecule has 10 nitrogen and oxygen atoms in total. The molecule has 0 amide bonds. The fourth-order valence-electron chi connectivity index (χ4n) is 4.22. The number of nitrogens with zero attached hydrogens (tertiary/aromatic N) is 3. The number of ether oxygens (including phenoxy) is 2. The second kappa shape index (κ2) is 10.6. The summed E-state index contributed by atoms with van der Waals surface area (Å²) in [7, 11) is 0. The lowest BCUT2D eigenvalue weighted by Crippen LogP contribution is -2.15. The van der Waals surface area contributed by atoms with E-state index in [2.05, 4.69) is 5.10 Å². The van der Waals surface area contributed by atoms with Gasteiger partial charge in [-0.2, -0.15) is 5.10 Å². The van der Waals surface area contributed by atoms with E-state index in [1.165, 1.54) is 24.4 Å². The van der Waals surface area contributed by atoms with Crippen LogP contribution in [0.25, 0.3) is 27.8 Å². The van der Waals surface area contributed by atoms with Crippen LogP contribution in [0.3, 0.4) is 0 Å². The summed E-state index contributed by atoms with van der Waals surface area (Å²) in [6, 6.07) is 18.6. The SMILES string of the molecule is CCOC(=O)c1oc2cc(OCc3ccc([N+](=O)[O-])cc3)cc(C)c2c(=O)c1-c1cnn(-c2ccccc2)c1. The molecule has 0 fully saturated rings. The zero-order chi connectivity index (χ0) is 27.5. The summed E-state index contributed by atoms with van der Waals surface area (Å²) in [5.74, 6) is -0.594. The molecule has 0 aliphatic carbocycles. The van der Waals surface area contributed by atoms with Gasteiger partial charge in [0.05, 0.1) is 34.4 Å². The second-order valence-electron chi connectivity index (χ2n) is 8.69. The van der Waals surface area contributed by atoms with Crippen molar-refractivity contribution in [1.29, 1.82) is 0 Å². The first-order chi connectivity index (χ1) is 18.9. The van der Waals surface area contributed by atoms with E-state index in [4.69, 9.17) is 13.9 Å². The standard InChI is InChI=1S/C29H23N3O7/c1-3-37-29(34)28-26(20-15-30-31(16-20)21-7-5-4-6-8-21)27(33)25-18(2)13-23(14-24(25)39-28)38-17-19-9-11-22(12-10-19)32(35)36/h4-16H,3,17H2,1-2H3. The number of para-hydroxylation sites is 1. The van der Waals surface area contributed by atoms with Crippen LogP contribution in [0.15, 0.2) is 88.3 Å². The van der Waals surface area contributed by atoms with Gasteiger partial charge in [0.1, 0.15) is 17.9 Å². The first-order valence-electron chi connectivity index (χ1n) is 12.1. The number of hydrogen-bond donors (Lipinski definition) is 0. The van der Waals surface area contributed by atoms with Crippen molar-refractivity contribution in [2.45, 2.75) is 20.5 Å². The topological polar surface area (TPSA) is 127 Å². The molecule has 2 heterocycles. The number of aryl methyl sites for hydroxylation is 1. The zero-order valence-electron chi connectivity index (χ0n) is 21.1. The van der Waals surface area contributed by atoms with E-state index < -0.39 is 16.3 Å². The summed E-state index contributed by atoms with van der Waals surface area (Å²) in [6.45, 7) is 3.65. The number of nitro benzene ring substituents is 1. The van der Waals surface area contributed by atoms with Crippen LogP contribution in [0.4, 0.5) is 5.69 Å². The molecule has 0 unspecified atom stereocenters. The molecule has 0 radical (unpaired) electrons. The Hall–Kier alpha value is -5.25. The minimum Gasteiger partial charge on any atom is -0.489 e. The molecule has 5 aromatic rings. The van der Waals surface area contributed by atoms with E-state index in [9.17, 15) is 19.7 Å². The number of benzene rings is 3. The Morgan fingerprint density at radius 3 is 2.54 bits per heavy atom. The van der Waals surface area contributed by atoms with Gasteiger partial charge < -0.3 is 13.9 Å². The van der Waals surface area contributed by atoms with Crippen molar-refractivity contribution in [3.63, 3.8) is 0 Å². The number of hydrogen-bond acceptors (Lipinski definition) is 8. The predicted octanol–water partition coefficient (Wildman–Crippen LogP) is 5.62. The van der Waals surface area contributed by atoms with Crippen LogP contribution in [-0.4, -0.2) is 27.3 Å². The van der Waals surface area contributed by atoms with Gasteiger partial charge in [0.25, 0.3) is 5.69 Å². The van der Waals surface area contributed by atoms with Gasteiger partial charge in [-0.25, -0.2) is 9.48 Å². The molecular weight excluding hydrogens is 502 g/mol. The van der Waals surface area contributed by atoms with Crippen LogP contribution in [0.1, 0.15) is 28.6 Å². The summed E-state index contributed by atoms with van der Waals surface area (Å²) in [4.78, 5) is 37.1. The number of carbonyl (C=O) groups excluding carboxylic acids is 1. The van der Waals surface area contributed by atoms with Crippen molar-refractivity contribution >= 4 is 22.6 Å². The van der Waals surface area contributed by atoms with Crippen molar-refractivity contribution in [3.05, 3.63) is 116 Å². The van der Waals surface area contributed by atoms with Gasteiger partial charge in [-0.05, 0) is 55.3 Å². The number of aromatic nitrogens is 2. The van der Waals surface area contributed by atoms with Gasteiger partial charge in [0.2, 0.25) is 11.2 Å². The molecule has 0 spiro atoms. The Morgan fingerprint density at radius 2 is 1.85 bits per heavy atom. The minimum atomic E-state index is -0.770. The molecule has 10 heteroatoms. The Labute approximate surface area is 222 Å². The van der Waals surface area contributed by atoms with Crippen LogP contribution in [0.2, 0.25) is 0 Å². The maximum absolute atomic E-state index is 13.8. The maximum atomic E-state index is 13.8. The molecule has 0 N–H and O–H groups in total. The summed E-state index contributed by atoms with van der Waals surface area (Å²) < 4.78 is 18.7. The van der Waals surface area contributed by atoms with Gasteiger partial charge in [-0.15, -0.1) is 0 Å². The molecule has 3 aromatic carbocycles. The number of non-ortho nitro benzene ring substituents is 1. The molecule has 196 valence electrons. The van der Waals surface area contributed by atoms with Crippen LogP contribution in [0, 0.1) is 17.0 Å². The zero-order valence-corrected chi connectivity index (χ0v) is 21.1. The van der Waals surface area contributed by atoms with Crippen LogP contribution < -0.4 is 10.2 Å². The van der Waals surface area contributed by atoms with E-state index in [0.717, 1.165) is 11.3 Å². The average Bonchev–Trinajstić information content (AvgIpc) is 3.42. The fourth-order valence-corrected chi connectivity index (χ4v) is 4.22. The highest BCUT2D eigenvalue weighted by Gasteiger charge is 2.25. The fraction of sp³-hybridized carbons (Fsp3) is 0.138. The quantitative estimate of drug-likeness (QED) is 0.145. The largest absolute Gasteiger partial charge is 0.489 e. The second-order valence-corrected chi connectivity index (χ2v) is 8.69. The van der Waals surface area contributed by atoms with E-state index >= 15 is 0 Å². The number of fused-ring (bicyclic) bond motifs is 1. The highest BCUT2D eigenvalue weighted by molar-refractivity contribution is 5.98. The van der Waals surface area contributed by atoms with E-state index in [0.29, 0.717) is 22.3 Å². The molecule has 2 aromatic heterocycles. The third kappa shape index (κ3) is 5.12. The molecular formula is C29H23N3O7. The number of nitro groups is 1.